The molecule has 0 aliphatic heterocycles. The van der Waals surface area contributed by atoms with Crippen molar-refractivity contribution in [3.05, 3.63) is 65.6 Å². The van der Waals surface area contributed by atoms with Crippen LogP contribution in [0.25, 0.3) is 22.2 Å². The van der Waals surface area contributed by atoms with Gasteiger partial charge in [0.05, 0.1) is 35.4 Å². The van der Waals surface area contributed by atoms with Crippen molar-refractivity contribution in [3.8, 4) is 28.8 Å². The summed E-state index contributed by atoms with van der Waals surface area (Å²) in [4.78, 5) is 16.0. The van der Waals surface area contributed by atoms with E-state index in [0.29, 0.717) is 33.3 Å². The molecule has 0 spiro atoms. The van der Waals surface area contributed by atoms with Crippen LogP contribution in [0.3, 0.4) is 0 Å². The predicted octanol–water partition coefficient (Wildman–Crippen LogP) is 5.19. The zero-order valence-electron chi connectivity index (χ0n) is 27.4. The van der Waals surface area contributed by atoms with Crippen molar-refractivity contribution < 1.29 is 45.3 Å². The Kier molecular flexibility index (Phi) is 11.8. The Bertz CT molecular complexity index is 1970. The number of nitrogens with two attached hydrogens (primary N) is 1. The first-order valence-electron chi connectivity index (χ1n) is 14.9. The van der Waals surface area contributed by atoms with Crippen LogP contribution >= 0.6 is 0 Å². The van der Waals surface area contributed by atoms with Crippen molar-refractivity contribution in [2.24, 2.45) is 7.05 Å². The summed E-state index contributed by atoms with van der Waals surface area (Å²) in [6.45, 7) is 7.14. The molecular weight excluding hydrogens is 667 g/mol. The number of benzene rings is 2. The molecule has 0 saturated carbocycles. The van der Waals surface area contributed by atoms with E-state index in [4.69, 9.17) is 24.7 Å². The van der Waals surface area contributed by atoms with E-state index in [1.807, 2.05) is 4.72 Å². The van der Waals surface area contributed by atoms with Crippen LogP contribution in [0.1, 0.15) is 44.9 Å². The number of carbonyl (C=O) groups is 1. The van der Waals surface area contributed by atoms with E-state index in [0.717, 1.165) is 0 Å². The number of fused-ring (bicyclic) bond motifs is 1. The van der Waals surface area contributed by atoms with Crippen molar-refractivity contribution in [1.82, 2.24) is 14.8 Å². The van der Waals surface area contributed by atoms with Crippen LogP contribution in [-0.4, -0.2) is 66.9 Å². The van der Waals surface area contributed by atoms with Gasteiger partial charge in [-0.05, 0) is 57.5 Å². The van der Waals surface area contributed by atoms with Crippen molar-refractivity contribution in [1.29, 1.82) is 0 Å². The number of anilines is 2. The third kappa shape index (κ3) is 9.84. The van der Waals surface area contributed by atoms with Crippen LogP contribution < -0.4 is 15.2 Å². The van der Waals surface area contributed by atoms with E-state index in [9.17, 15) is 26.4 Å². The van der Waals surface area contributed by atoms with E-state index in [1.54, 1.807) is 39.4 Å². The van der Waals surface area contributed by atoms with E-state index >= 15 is 0 Å². The number of halogens is 3. The smallest absolute Gasteiger partial charge is 0.355 e. The number of pyridine rings is 1. The van der Waals surface area contributed by atoms with E-state index < -0.39 is 39.3 Å². The number of nitrogens with one attached hydrogen (secondary N) is 1. The number of aryl methyl sites for hydroxylation is 1. The molecule has 4 rings (SSSR count). The molecule has 49 heavy (non-hydrogen) atoms. The molecule has 2 heterocycles. The molecule has 2 aromatic heterocycles. The number of nitrogen functional groups attached to an aromatic ring is 1. The van der Waals surface area contributed by atoms with Crippen molar-refractivity contribution in [2.75, 3.05) is 36.9 Å². The Morgan fingerprint density at radius 1 is 1.10 bits per heavy atom. The summed E-state index contributed by atoms with van der Waals surface area (Å²) in [5, 5.41) is 5.04. The molecule has 0 radical (unpaired) electrons. The predicted molar refractivity (Wildman–Crippen MR) is 177 cm³/mol. The fourth-order valence-electron chi connectivity index (χ4n) is 4.57. The lowest BCUT2D eigenvalue weighted by molar-refractivity contribution is -0.160. The summed E-state index contributed by atoms with van der Waals surface area (Å²) in [6.07, 6.45) is 0.750. The Morgan fingerprint density at radius 2 is 1.80 bits per heavy atom. The number of carbonyl (C=O) groups excluding carboxylic acids is 1. The third-order valence-corrected chi connectivity index (χ3v) is 7.66. The topological polar surface area (TPSA) is 157 Å². The van der Waals surface area contributed by atoms with Crippen LogP contribution in [0.5, 0.6) is 5.75 Å². The molecule has 0 aliphatic carbocycles. The van der Waals surface area contributed by atoms with Gasteiger partial charge in [-0.25, -0.2) is 22.6 Å². The highest BCUT2D eigenvalue weighted by atomic mass is 32.2. The second-order valence-electron chi connectivity index (χ2n) is 11.7. The zero-order valence-corrected chi connectivity index (χ0v) is 28.2. The van der Waals surface area contributed by atoms with Gasteiger partial charge in [0.2, 0.25) is 0 Å². The average Bonchev–Trinajstić information content (AvgIpc) is 3.37. The maximum absolute atomic E-state index is 13.5. The van der Waals surface area contributed by atoms with Crippen LogP contribution in [0.2, 0.25) is 0 Å². The van der Waals surface area contributed by atoms with E-state index in [1.165, 1.54) is 48.7 Å². The SMILES string of the molecule is C[C@H](Oc1cc(-c2nn(C)c3c(C#CCOCCOCC(=O)OC(C)(C)C)cnc(N)c23)ccc1NS(=O)(=O)C(F)F)c1ccc(F)cc1. The highest BCUT2D eigenvalue weighted by Gasteiger charge is 2.27. The molecule has 0 aliphatic rings. The minimum atomic E-state index is -5.04. The first-order chi connectivity index (χ1) is 23.1. The highest BCUT2D eigenvalue weighted by Crippen LogP contribution is 2.38. The van der Waals surface area contributed by atoms with Gasteiger partial charge in [0, 0.05) is 18.8 Å². The fourth-order valence-corrected chi connectivity index (χ4v) is 5.13. The summed E-state index contributed by atoms with van der Waals surface area (Å²) < 4.78 is 89.5. The van der Waals surface area contributed by atoms with Gasteiger partial charge < -0.3 is 24.7 Å². The summed E-state index contributed by atoms with van der Waals surface area (Å²) >= 11 is 0. The van der Waals surface area contributed by atoms with Gasteiger partial charge in [-0.15, -0.1) is 0 Å². The standard InChI is InChI=1S/C33H36F3N5O7S/c1-20(21-8-11-24(34)12-9-21)47-26-17-22(10-13-25(26)40-49(43,44)32(35)36)29-28-30(41(5)39-29)23(18-38-31(28)37)7-6-14-45-15-16-46-19-27(42)48-33(2,3)4/h8-13,17-18,20,32,40H,14-16,19H2,1-5H3,(H2,37,38)/t20-/m0/s1. The molecule has 0 bridgehead atoms. The molecule has 12 nitrogen and oxygen atoms in total. The van der Waals surface area contributed by atoms with Gasteiger partial charge >= 0.3 is 11.7 Å². The Balaban J connectivity index is 1.57. The molecule has 0 amide bonds. The number of sulfonamides is 1. The molecule has 3 N–H and O–H groups in total. The minimum Gasteiger partial charge on any atom is -0.484 e. The second kappa shape index (κ2) is 15.6. The largest absolute Gasteiger partial charge is 0.484 e. The first kappa shape index (κ1) is 37.0. The zero-order chi connectivity index (χ0) is 35.9. The van der Waals surface area contributed by atoms with Gasteiger partial charge in [0.1, 0.15) is 48.0 Å². The lowest BCUT2D eigenvalue weighted by atomic mass is 10.1. The van der Waals surface area contributed by atoms with Crippen LogP contribution in [-0.2, 0) is 36.1 Å². The van der Waals surface area contributed by atoms with Crippen molar-refractivity contribution >= 4 is 38.4 Å². The Labute approximate surface area is 281 Å². The summed E-state index contributed by atoms with van der Waals surface area (Å²) in [6, 6.07) is 9.61. The molecule has 0 fully saturated rings. The van der Waals surface area contributed by atoms with Gasteiger partial charge in [0.15, 0.2) is 0 Å². The van der Waals surface area contributed by atoms with Crippen LogP contribution in [0.4, 0.5) is 24.7 Å². The maximum atomic E-state index is 13.5. The van der Waals surface area contributed by atoms with Gasteiger partial charge in [-0.2, -0.15) is 13.9 Å². The highest BCUT2D eigenvalue weighted by molar-refractivity contribution is 7.93. The molecule has 0 saturated heterocycles. The van der Waals surface area contributed by atoms with E-state index in [-0.39, 0.29) is 43.7 Å². The number of ether oxygens (including phenoxy) is 4. The summed E-state index contributed by atoms with van der Waals surface area (Å²) in [5.74, 6) is 1.30. The Morgan fingerprint density at radius 3 is 2.47 bits per heavy atom. The number of alkyl halides is 2. The number of nitrogens with zero attached hydrogens (tertiary/aromatic N) is 3. The number of rotatable bonds is 13. The number of hydrogen-bond donors (Lipinski definition) is 2. The molecule has 1 atom stereocenters. The second-order valence-corrected chi connectivity index (χ2v) is 13.3. The normalized spacial score (nSPS) is 12.4. The summed E-state index contributed by atoms with van der Waals surface area (Å²) in [5.41, 5.74) is 7.76. The van der Waals surface area contributed by atoms with Crippen molar-refractivity contribution in [2.45, 2.75) is 45.2 Å². The molecule has 16 heteroatoms. The van der Waals surface area contributed by atoms with Gasteiger partial charge in [-0.1, -0.05) is 30.0 Å². The van der Waals surface area contributed by atoms with E-state index in [2.05, 4.69) is 21.9 Å². The minimum absolute atomic E-state index is 0.0509. The van der Waals surface area contributed by atoms with Crippen molar-refractivity contribution in [3.63, 3.8) is 0 Å². The number of hydrogen-bond acceptors (Lipinski definition) is 10. The maximum Gasteiger partial charge on any atom is 0.355 e. The molecular formula is C33H36F3N5O7S. The molecule has 4 aromatic rings. The monoisotopic (exact) mass is 703 g/mol. The lowest BCUT2D eigenvalue weighted by Gasteiger charge is -2.19. The first-order valence-corrected chi connectivity index (χ1v) is 16.4. The Hall–Kier alpha value is -4.85. The van der Waals surface area contributed by atoms with Gasteiger partial charge in [-0.3, -0.25) is 9.40 Å². The number of esters is 1. The molecule has 2 aromatic carbocycles. The number of aromatic nitrogens is 3. The fraction of sp³-hybridized carbons (Fsp3) is 0.364. The summed E-state index contributed by atoms with van der Waals surface area (Å²) in [7, 11) is -3.37. The quantitative estimate of drug-likeness (QED) is 0.108. The van der Waals surface area contributed by atoms with Crippen LogP contribution in [0, 0.1) is 17.7 Å². The molecule has 262 valence electrons. The molecule has 0 unspecified atom stereocenters. The average molecular weight is 704 g/mol. The third-order valence-electron chi connectivity index (χ3n) is 6.69. The van der Waals surface area contributed by atoms with Crippen LogP contribution in [0.15, 0.2) is 48.7 Å². The van der Waals surface area contributed by atoms with Gasteiger partial charge in [0.25, 0.3) is 10.0 Å². The lowest BCUT2D eigenvalue weighted by Crippen LogP contribution is -2.27.